The first-order valence-corrected chi connectivity index (χ1v) is 7.50. The van der Waals surface area contributed by atoms with Crippen molar-refractivity contribution < 1.29 is 9.47 Å². The van der Waals surface area contributed by atoms with Crippen molar-refractivity contribution in [3.05, 3.63) is 22.7 Å². The first kappa shape index (κ1) is 14.3. The maximum absolute atomic E-state index is 6.51. The lowest BCUT2D eigenvalue weighted by Gasteiger charge is -2.28. The van der Waals surface area contributed by atoms with Gasteiger partial charge in [-0.05, 0) is 30.4 Å². The van der Waals surface area contributed by atoms with E-state index in [1.54, 1.807) is 14.2 Å². The largest absolute Gasteiger partial charge is 0.493 e. The standard InChI is InChI=1S/C15H20ClN3O2/c1-20-12-6-5-10(13(16)14(12)21-2)11-7-18-15(17)19(11)8-9-3-4-9/h5-6,9,11H,3-4,7-8H2,1-2H3,(H2,17,18). The summed E-state index contributed by atoms with van der Waals surface area (Å²) in [5.41, 5.74) is 7.02. The van der Waals surface area contributed by atoms with Crippen molar-refractivity contribution in [2.75, 3.05) is 27.3 Å². The maximum atomic E-state index is 6.51. The van der Waals surface area contributed by atoms with Gasteiger partial charge in [0.15, 0.2) is 17.5 Å². The van der Waals surface area contributed by atoms with Crippen LogP contribution in [0.5, 0.6) is 11.5 Å². The van der Waals surface area contributed by atoms with Gasteiger partial charge in [-0.3, -0.25) is 4.99 Å². The van der Waals surface area contributed by atoms with Crippen LogP contribution in [-0.2, 0) is 0 Å². The van der Waals surface area contributed by atoms with Crippen molar-refractivity contribution in [3.8, 4) is 11.5 Å². The van der Waals surface area contributed by atoms with Crippen LogP contribution in [0.4, 0.5) is 0 Å². The SMILES string of the molecule is COc1ccc(C2CN=C(N)N2CC2CC2)c(Cl)c1OC. The van der Waals surface area contributed by atoms with Crippen molar-refractivity contribution in [3.63, 3.8) is 0 Å². The Balaban J connectivity index is 1.92. The highest BCUT2D eigenvalue weighted by atomic mass is 35.5. The van der Waals surface area contributed by atoms with Crippen LogP contribution < -0.4 is 15.2 Å². The van der Waals surface area contributed by atoms with Crippen LogP contribution in [-0.4, -0.2) is 38.2 Å². The Morgan fingerprint density at radius 3 is 2.71 bits per heavy atom. The van der Waals surface area contributed by atoms with Crippen LogP contribution in [0.25, 0.3) is 0 Å². The molecule has 1 aromatic carbocycles. The molecule has 1 saturated carbocycles. The molecule has 0 aromatic heterocycles. The molecule has 0 amide bonds. The molecule has 1 atom stereocenters. The fourth-order valence-electron chi connectivity index (χ4n) is 2.76. The van der Waals surface area contributed by atoms with Crippen LogP contribution in [0.1, 0.15) is 24.4 Å². The predicted octanol–water partition coefficient (Wildman–Crippen LogP) is 2.44. The van der Waals surface area contributed by atoms with Gasteiger partial charge < -0.3 is 20.1 Å². The molecule has 1 heterocycles. The van der Waals surface area contributed by atoms with Gasteiger partial charge in [0.05, 0.1) is 31.8 Å². The van der Waals surface area contributed by atoms with Crippen molar-refractivity contribution in [1.82, 2.24) is 4.90 Å². The quantitative estimate of drug-likeness (QED) is 0.907. The summed E-state index contributed by atoms with van der Waals surface area (Å²) in [7, 11) is 3.19. The molecule has 0 spiro atoms. The van der Waals surface area contributed by atoms with Crippen LogP contribution in [0, 0.1) is 5.92 Å². The zero-order valence-corrected chi connectivity index (χ0v) is 13.1. The molecular formula is C15H20ClN3O2. The number of nitrogens with zero attached hydrogens (tertiary/aromatic N) is 2. The summed E-state index contributed by atoms with van der Waals surface area (Å²) in [6, 6.07) is 3.93. The van der Waals surface area contributed by atoms with E-state index in [4.69, 9.17) is 26.8 Å². The molecule has 5 nitrogen and oxygen atoms in total. The second-order valence-electron chi connectivity index (χ2n) is 5.51. The molecule has 2 aliphatic rings. The number of hydrogen-bond donors (Lipinski definition) is 1. The van der Waals surface area contributed by atoms with E-state index in [2.05, 4.69) is 9.89 Å². The van der Waals surface area contributed by atoms with Gasteiger partial charge in [-0.2, -0.15) is 0 Å². The average Bonchev–Trinajstić information content (AvgIpc) is 3.23. The Kier molecular flexibility index (Phi) is 3.85. The van der Waals surface area contributed by atoms with Gasteiger partial charge in [-0.25, -0.2) is 0 Å². The minimum atomic E-state index is 0.0814. The van der Waals surface area contributed by atoms with Crippen molar-refractivity contribution in [1.29, 1.82) is 0 Å². The molecular weight excluding hydrogens is 290 g/mol. The summed E-state index contributed by atoms with van der Waals surface area (Å²) in [5.74, 6) is 2.54. The minimum absolute atomic E-state index is 0.0814. The Bertz CT molecular complexity index is 572. The summed E-state index contributed by atoms with van der Waals surface area (Å²) in [6.07, 6.45) is 2.55. The number of benzene rings is 1. The molecule has 1 fully saturated rings. The third-order valence-electron chi connectivity index (χ3n) is 4.12. The molecule has 0 saturated heterocycles. The first-order chi connectivity index (χ1) is 10.2. The first-order valence-electron chi connectivity index (χ1n) is 7.12. The summed E-state index contributed by atoms with van der Waals surface area (Å²) in [5, 5.41) is 0.576. The third-order valence-corrected chi connectivity index (χ3v) is 4.51. The zero-order valence-electron chi connectivity index (χ0n) is 12.3. The van der Waals surface area contributed by atoms with Crippen molar-refractivity contribution >= 4 is 17.6 Å². The highest BCUT2D eigenvalue weighted by molar-refractivity contribution is 6.33. The van der Waals surface area contributed by atoms with Gasteiger partial charge in [-0.1, -0.05) is 17.7 Å². The zero-order chi connectivity index (χ0) is 15.0. The summed E-state index contributed by atoms with van der Waals surface area (Å²) in [4.78, 5) is 6.54. The molecule has 6 heteroatoms. The summed E-state index contributed by atoms with van der Waals surface area (Å²) < 4.78 is 10.7. The third kappa shape index (κ3) is 2.62. The number of nitrogens with two attached hydrogens (primary N) is 1. The smallest absolute Gasteiger partial charge is 0.191 e. The lowest BCUT2D eigenvalue weighted by molar-refractivity contribution is 0.328. The normalized spacial score (nSPS) is 21.4. The minimum Gasteiger partial charge on any atom is -0.493 e. The van der Waals surface area contributed by atoms with Crippen LogP contribution in [0.3, 0.4) is 0 Å². The number of halogens is 1. The van der Waals surface area contributed by atoms with E-state index in [9.17, 15) is 0 Å². The van der Waals surface area contributed by atoms with Crippen molar-refractivity contribution in [2.24, 2.45) is 16.6 Å². The van der Waals surface area contributed by atoms with Gasteiger partial charge in [0, 0.05) is 6.54 Å². The molecule has 114 valence electrons. The maximum Gasteiger partial charge on any atom is 0.191 e. The molecule has 1 unspecified atom stereocenters. The molecule has 3 rings (SSSR count). The Hall–Kier alpha value is -1.62. The number of rotatable bonds is 5. The van der Waals surface area contributed by atoms with E-state index in [0.717, 1.165) is 18.0 Å². The lowest BCUT2D eigenvalue weighted by atomic mass is 10.0. The number of methoxy groups -OCH3 is 2. The molecule has 21 heavy (non-hydrogen) atoms. The van der Waals surface area contributed by atoms with E-state index < -0.39 is 0 Å². The van der Waals surface area contributed by atoms with Crippen molar-refractivity contribution in [2.45, 2.75) is 18.9 Å². The second-order valence-corrected chi connectivity index (χ2v) is 5.89. The number of ether oxygens (including phenoxy) is 2. The van der Waals surface area contributed by atoms with Gasteiger partial charge in [0.2, 0.25) is 0 Å². The van der Waals surface area contributed by atoms with Gasteiger partial charge in [0.25, 0.3) is 0 Å². The lowest BCUT2D eigenvalue weighted by Crippen LogP contribution is -2.37. The fourth-order valence-corrected chi connectivity index (χ4v) is 3.12. The molecule has 0 radical (unpaired) electrons. The molecule has 1 aromatic rings. The topological polar surface area (TPSA) is 60.1 Å². The number of hydrogen-bond acceptors (Lipinski definition) is 5. The van der Waals surface area contributed by atoms with E-state index in [1.165, 1.54) is 12.8 Å². The fraction of sp³-hybridized carbons (Fsp3) is 0.533. The van der Waals surface area contributed by atoms with E-state index in [1.807, 2.05) is 12.1 Å². The summed E-state index contributed by atoms with van der Waals surface area (Å²) in [6.45, 7) is 1.58. The van der Waals surface area contributed by atoms with Gasteiger partial charge in [0.1, 0.15) is 0 Å². The highest BCUT2D eigenvalue weighted by Gasteiger charge is 2.34. The molecule has 1 aliphatic carbocycles. The molecule has 0 bridgehead atoms. The van der Waals surface area contributed by atoms with E-state index >= 15 is 0 Å². The average molecular weight is 310 g/mol. The van der Waals surface area contributed by atoms with Gasteiger partial charge >= 0.3 is 0 Å². The van der Waals surface area contributed by atoms with Crippen LogP contribution in [0.2, 0.25) is 5.02 Å². The Morgan fingerprint density at radius 2 is 2.10 bits per heavy atom. The van der Waals surface area contributed by atoms with Gasteiger partial charge in [-0.15, -0.1) is 0 Å². The second kappa shape index (κ2) is 5.64. The Morgan fingerprint density at radius 1 is 1.33 bits per heavy atom. The monoisotopic (exact) mass is 309 g/mol. The van der Waals surface area contributed by atoms with E-state index in [-0.39, 0.29) is 6.04 Å². The molecule has 2 N–H and O–H groups in total. The highest BCUT2D eigenvalue weighted by Crippen LogP contribution is 2.43. The summed E-state index contributed by atoms with van der Waals surface area (Å²) >= 11 is 6.51. The van der Waals surface area contributed by atoms with Crippen LogP contribution >= 0.6 is 11.6 Å². The Labute approximate surface area is 129 Å². The van der Waals surface area contributed by atoms with Crippen LogP contribution in [0.15, 0.2) is 17.1 Å². The number of aliphatic imine (C=N–C) groups is 1. The molecule has 1 aliphatic heterocycles. The number of guanidine groups is 1. The predicted molar refractivity (Wildman–Crippen MR) is 83.2 cm³/mol. The van der Waals surface area contributed by atoms with E-state index in [0.29, 0.717) is 29.0 Å².